The van der Waals surface area contributed by atoms with E-state index < -0.39 is 0 Å². The number of thioether (sulfide) groups is 1. The highest BCUT2D eigenvalue weighted by atomic mass is 32.2. The van der Waals surface area contributed by atoms with Crippen molar-refractivity contribution in [1.29, 1.82) is 0 Å². The Balaban J connectivity index is 1.68. The van der Waals surface area contributed by atoms with Crippen molar-refractivity contribution in [3.8, 4) is 5.75 Å². The molecular formula is C19H28N4OS2. The Labute approximate surface area is 164 Å². The number of rotatable bonds is 9. The molecule has 5 nitrogen and oxygen atoms in total. The molecule has 0 aliphatic heterocycles. The maximum absolute atomic E-state index is 5.41. The molecule has 0 fully saturated rings. The monoisotopic (exact) mass is 392 g/mol. The van der Waals surface area contributed by atoms with E-state index in [0.717, 1.165) is 42.0 Å². The molecule has 2 N–H and O–H groups in total. The number of ether oxygens (including phenoxy) is 1. The van der Waals surface area contributed by atoms with E-state index in [1.165, 1.54) is 9.77 Å². The van der Waals surface area contributed by atoms with Crippen LogP contribution in [-0.2, 0) is 6.42 Å². The number of benzene rings is 1. The third kappa shape index (κ3) is 6.88. The maximum Gasteiger partial charge on any atom is 0.190 e. The van der Waals surface area contributed by atoms with Crippen LogP contribution < -0.4 is 15.4 Å². The largest absolute Gasteiger partial charge is 0.496 e. The number of thiazole rings is 1. The first-order valence-electron chi connectivity index (χ1n) is 8.74. The van der Waals surface area contributed by atoms with E-state index in [9.17, 15) is 0 Å². The molecule has 0 radical (unpaired) electrons. The van der Waals surface area contributed by atoms with Crippen molar-refractivity contribution in [3.63, 3.8) is 0 Å². The average molecular weight is 393 g/mol. The van der Waals surface area contributed by atoms with Gasteiger partial charge in [0.2, 0.25) is 0 Å². The fourth-order valence-corrected chi connectivity index (χ4v) is 4.16. The van der Waals surface area contributed by atoms with Crippen molar-refractivity contribution >= 4 is 29.1 Å². The molecule has 142 valence electrons. The normalized spacial score (nSPS) is 12.7. The quantitative estimate of drug-likeness (QED) is 0.388. The van der Waals surface area contributed by atoms with Crippen LogP contribution in [0.5, 0.6) is 5.75 Å². The van der Waals surface area contributed by atoms with E-state index in [1.54, 1.807) is 25.5 Å². The summed E-state index contributed by atoms with van der Waals surface area (Å²) >= 11 is 3.57. The highest BCUT2D eigenvalue weighted by Gasteiger charge is 2.08. The van der Waals surface area contributed by atoms with Gasteiger partial charge in [-0.25, -0.2) is 4.98 Å². The van der Waals surface area contributed by atoms with Gasteiger partial charge in [-0.3, -0.25) is 4.99 Å². The van der Waals surface area contributed by atoms with Gasteiger partial charge < -0.3 is 15.4 Å². The van der Waals surface area contributed by atoms with Gasteiger partial charge in [0.1, 0.15) is 5.75 Å². The van der Waals surface area contributed by atoms with Gasteiger partial charge in [-0.2, -0.15) is 0 Å². The number of nitrogens with one attached hydrogen (secondary N) is 2. The van der Waals surface area contributed by atoms with Gasteiger partial charge in [0.25, 0.3) is 0 Å². The molecule has 7 heteroatoms. The number of aromatic nitrogens is 1. The molecule has 0 amide bonds. The molecule has 0 bridgehead atoms. The van der Waals surface area contributed by atoms with E-state index in [4.69, 9.17) is 4.74 Å². The molecule has 26 heavy (non-hydrogen) atoms. The second-order valence-electron chi connectivity index (χ2n) is 6.06. The van der Waals surface area contributed by atoms with Crippen LogP contribution in [0, 0.1) is 12.8 Å². The molecule has 1 heterocycles. The number of aliphatic imine (C=N–C) groups is 1. The van der Waals surface area contributed by atoms with E-state index in [-0.39, 0.29) is 0 Å². The van der Waals surface area contributed by atoms with E-state index >= 15 is 0 Å². The van der Waals surface area contributed by atoms with Crippen molar-refractivity contribution in [2.75, 3.05) is 33.0 Å². The molecule has 1 unspecified atom stereocenters. The van der Waals surface area contributed by atoms with Crippen molar-refractivity contribution in [2.24, 2.45) is 10.9 Å². The van der Waals surface area contributed by atoms with Crippen LogP contribution in [0.4, 0.5) is 0 Å². The van der Waals surface area contributed by atoms with Gasteiger partial charge in [0, 0.05) is 48.3 Å². The first-order chi connectivity index (χ1) is 12.6. The topological polar surface area (TPSA) is 58.5 Å². The summed E-state index contributed by atoms with van der Waals surface area (Å²) in [6.45, 7) is 6.02. The van der Waals surface area contributed by atoms with Gasteiger partial charge in [0.15, 0.2) is 5.96 Å². The molecule has 0 saturated carbocycles. The first-order valence-corrected chi connectivity index (χ1v) is 10.5. The number of nitrogens with zero attached hydrogens (tertiary/aromatic N) is 2. The van der Waals surface area contributed by atoms with Crippen LogP contribution in [0.3, 0.4) is 0 Å². The molecule has 2 aromatic rings. The maximum atomic E-state index is 5.41. The molecule has 1 aromatic heterocycles. The summed E-state index contributed by atoms with van der Waals surface area (Å²) < 4.78 is 5.41. The van der Waals surface area contributed by atoms with Crippen LogP contribution in [-0.4, -0.2) is 43.9 Å². The smallest absolute Gasteiger partial charge is 0.190 e. The Hall–Kier alpha value is -1.73. The summed E-state index contributed by atoms with van der Waals surface area (Å²) in [5.41, 5.74) is 0. The summed E-state index contributed by atoms with van der Waals surface area (Å²) in [6.07, 6.45) is 2.84. The van der Waals surface area contributed by atoms with Gasteiger partial charge in [-0.05, 0) is 25.0 Å². The van der Waals surface area contributed by atoms with Crippen molar-refractivity contribution in [1.82, 2.24) is 15.6 Å². The SMILES string of the molecule is CN=C(NCCc1ncc(C)s1)NCC(C)CSc1ccccc1OC. The molecule has 0 saturated heterocycles. The minimum atomic E-state index is 0.505. The lowest BCUT2D eigenvalue weighted by molar-refractivity contribution is 0.405. The highest BCUT2D eigenvalue weighted by molar-refractivity contribution is 7.99. The Kier molecular flexibility index (Phi) is 8.77. The third-order valence-corrected chi connectivity index (χ3v) is 6.09. The molecule has 1 atom stereocenters. The zero-order chi connectivity index (χ0) is 18.8. The zero-order valence-corrected chi connectivity index (χ0v) is 17.5. The lowest BCUT2D eigenvalue weighted by Gasteiger charge is -2.16. The number of para-hydroxylation sites is 1. The lowest BCUT2D eigenvalue weighted by atomic mass is 10.2. The Morgan fingerprint density at radius 2 is 2.15 bits per heavy atom. The number of methoxy groups -OCH3 is 1. The molecule has 0 aliphatic rings. The highest BCUT2D eigenvalue weighted by Crippen LogP contribution is 2.29. The molecule has 0 aliphatic carbocycles. The summed E-state index contributed by atoms with van der Waals surface area (Å²) in [5, 5.41) is 7.92. The Morgan fingerprint density at radius 3 is 2.85 bits per heavy atom. The molecule has 0 spiro atoms. The van der Waals surface area contributed by atoms with Gasteiger partial charge in [-0.1, -0.05) is 19.1 Å². The van der Waals surface area contributed by atoms with E-state index in [2.05, 4.69) is 40.5 Å². The Bertz CT molecular complexity index is 702. The zero-order valence-electron chi connectivity index (χ0n) is 15.9. The van der Waals surface area contributed by atoms with Crippen LogP contribution >= 0.6 is 23.1 Å². The van der Waals surface area contributed by atoms with Crippen LogP contribution in [0.25, 0.3) is 0 Å². The lowest BCUT2D eigenvalue weighted by Crippen LogP contribution is -2.40. The summed E-state index contributed by atoms with van der Waals surface area (Å²) in [7, 11) is 3.52. The predicted octanol–water partition coefficient (Wildman–Crippen LogP) is 3.60. The Morgan fingerprint density at radius 1 is 1.35 bits per heavy atom. The molecular weight excluding hydrogens is 364 g/mol. The van der Waals surface area contributed by atoms with Gasteiger partial charge in [0.05, 0.1) is 12.1 Å². The third-order valence-electron chi connectivity index (χ3n) is 3.73. The van der Waals surface area contributed by atoms with Crippen molar-refractivity contribution < 1.29 is 4.74 Å². The van der Waals surface area contributed by atoms with Crippen molar-refractivity contribution in [3.05, 3.63) is 40.3 Å². The number of guanidine groups is 1. The van der Waals surface area contributed by atoms with E-state index in [0.29, 0.717) is 5.92 Å². The minimum Gasteiger partial charge on any atom is -0.496 e. The summed E-state index contributed by atoms with van der Waals surface area (Å²) in [6, 6.07) is 8.14. The number of hydrogen-bond donors (Lipinski definition) is 2. The number of hydrogen-bond acceptors (Lipinski definition) is 5. The van der Waals surface area contributed by atoms with E-state index in [1.807, 2.05) is 36.2 Å². The predicted molar refractivity (Wildman–Crippen MR) is 113 cm³/mol. The van der Waals surface area contributed by atoms with Gasteiger partial charge >= 0.3 is 0 Å². The average Bonchev–Trinajstić information content (AvgIpc) is 3.08. The second kappa shape index (κ2) is 11.1. The molecule has 1 aromatic carbocycles. The van der Waals surface area contributed by atoms with Crippen LogP contribution in [0.1, 0.15) is 16.8 Å². The number of aryl methyl sites for hydroxylation is 1. The van der Waals surface area contributed by atoms with Crippen LogP contribution in [0.15, 0.2) is 40.4 Å². The minimum absolute atomic E-state index is 0.505. The molecule has 2 rings (SSSR count). The summed E-state index contributed by atoms with van der Waals surface area (Å²) in [5.74, 6) is 3.30. The van der Waals surface area contributed by atoms with Gasteiger partial charge in [-0.15, -0.1) is 23.1 Å². The van der Waals surface area contributed by atoms with Crippen LogP contribution in [0.2, 0.25) is 0 Å². The standard InChI is InChI=1S/C19H28N4OS2/c1-14(13-25-17-8-6-5-7-16(17)24-4)11-23-19(20-3)21-10-9-18-22-12-15(2)26-18/h5-8,12,14H,9-11,13H2,1-4H3,(H2,20,21,23). The van der Waals surface area contributed by atoms with Crippen molar-refractivity contribution in [2.45, 2.75) is 25.2 Å². The second-order valence-corrected chi connectivity index (χ2v) is 8.44. The first kappa shape index (κ1) is 20.6. The fraction of sp³-hybridized carbons (Fsp3) is 0.474. The fourth-order valence-electron chi connectivity index (χ4n) is 2.33. The summed E-state index contributed by atoms with van der Waals surface area (Å²) in [4.78, 5) is 11.1.